The van der Waals surface area contributed by atoms with Crippen LogP contribution in [0.5, 0.6) is 0 Å². The third kappa shape index (κ3) is 5.03. The molecule has 8 heteroatoms. The van der Waals surface area contributed by atoms with E-state index in [0.29, 0.717) is 0 Å². The maximum atomic E-state index is 12.8. The molecule has 0 aromatic heterocycles. The minimum absolute atomic E-state index is 0.0246. The van der Waals surface area contributed by atoms with E-state index in [-0.39, 0.29) is 17.1 Å². The standard InChI is InChI=1S/C13H14ClFN2O4/c1-13(2,11(19)20)6-10(18)17-12(21)16-9-4-3-7(15)5-8(9)14/h3-5H,6H2,1-2H3,(H,19,20)(H2,16,17,18,21). The molecule has 0 aliphatic heterocycles. The van der Waals surface area contributed by atoms with E-state index in [1.807, 2.05) is 5.32 Å². The van der Waals surface area contributed by atoms with E-state index in [9.17, 15) is 18.8 Å². The van der Waals surface area contributed by atoms with Crippen molar-refractivity contribution in [3.05, 3.63) is 29.0 Å². The van der Waals surface area contributed by atoms with Crippen molar-refractivity contribution in [2.75, 3.05) is 5.32 Å². The Balaban J connectivity index is 2.61. The molecule has 0 aliphatic rings. The molecule has 3 amide bonds. The fraction of sp³-hybridized carbons (Fsp3) is 0.308. The molecule has 0 radical (unpaired) electrons. The molecule has 6 nitrogen and oxygen atoms in total. The Morgan fingerprint density at radius 2 is 1.95 bits per heavy atom. The molecule has 0 fully saturated rings. The summed E-state index contributed by atoms with van der Waals surface area (Å²) >= 11 is 5.71. The van der Waals surface area contributed by atoms with Crippen LogP contribution in [0.3, 0.4) is 0 Å². The zero-order valence-corrected chi connectivity index (χ0v) is 12.1. The molecule has 21 heavy (non-hydrogen) atoms. The SMILES string of the molecule is CC(C)(CC(=O)NC(=O)Nc1ccc(F)cc1Cl)C(=O)O. The van der Waals surface area contributed by atoms with Crippen molar-refractivity contribution in [2.24, 2.45) is 5.41 Å². The molecule has 0 atom stereocenters. The smallest absolute Gasteiger partial charge is 0.325 e. The molecule has 0 saturated carbocycles. The summed E-state index contributed by atoms with van der Waals surface area (Å²) in [5, 5.41) is 13.1. The van der Waals surface area contributed by atoms with Crippen LogP contribution in [0.4, 0.5) is 14.9 Å². The molecule has 0 saturated heterocycles. The third-order valence-corrected chi connectivity index (χ3v) is 2.93. The van der Waals surface area contributed by atoms with Crippen molar-refractivity contribution < 1.29 is 23.9 Å². The lowest BCUT2D eigenvalue weighted by Gasteiger charge is -2.18. The molecule has 0 bridgehead atoms. The van der Waals surface area contributed by atoms with Gasteiger partial charge in [0.1, 0.15) is 5.82 Å². The maximum Gasteiger partial charge on any atom is 0.325 e. The quantitative estimate of drug-likeness (QED) is 0.795. The fourth-order valence-electron chi connectivity index (χ4n) is 1.39. The Morgan fingerprint density at radius 3 is 2.48 bits per heavy atom. The van der Waals surface area contributed by atoms with Crippen molar-refractivity contribution in [3.8, 4) is 0 Å². The molecule has 1 rings (SSSR count). The van der Waals surface area contributed by atoms with Gasteiger partial charge in [-0.15, -0.1) is 0 Å². The number of carbonyl (C=O) groups is 3. The van der Waals surface area contributed by atoms with Gasteiger partial charge in [0.05, 0.1) is 16.1 Å². The van der Waals surface area contributed by atoms with E-state index < -0.39 is 29.1 Å². The van der Waals surface area contributed by atoms with Crippen molar-refractivity contribution in [2.45, 2.75) is 20.3 Å². The molecular formula is C13H14ClFN2O4. The molecule has 0 heterocycles. The predicted octanol–water partition coefficient (Wildman–Crippen LogP) is 2.63. The van der Waals surface area contributed by atoms with Gasteiger partial charge in [0.25, 0.3) is 0 Å². The molecular weight excluding hydrogens is 303 g/mol. The summed E-state index contributed by atoms with van der Waals surface area (Å²) in [5.41, 5.74) is -1.17. The Morgan fingerprint density at radius 1 is 1.33 bits per heavy atom. The number of hydrogen-bond acceptors (Lipinski definition) is 3. The van der Waals surface area contributed by atoms with Crippen LogP contribution in [0, 0.1) is 11.2 Å². The van der Waals surface area contributed by atoms with E-state index in [1.54, 1.807) is 0 Å². The number of imide groups is 1. The molecule has 0 aliphatic carbocycles. The van der Waals surface area contributed by atoms with Gasteiger partial charge in [0.15, 0.2) is 0 Å². The van der Waals surface area contributed by atoms with E-state index in [2.05, 4.69) is 5.32 Å². The van der Waals surface area contributed by atoms with Crippen molar-refractivity contribution in [1.29, 1.82) is 0 Å². The largest absolute Gasteiger partial charge is 0.481 e. The number of urea groups is 1. The highest BCUT2D eigenvalue weighted by molar-refractivity contribution is 6.33. The third-order valence-electron chi connectivity index (χ3n) is 2.61. The molecule has 0 unspecified atom stereocenters. The van der Waals surface area contributed by atoms with Gasteiger partial charge >= 0.3 is 12.0 Å². The number of nitrogens with one attached hydrogen (secondary N) is 2. The number of halogens is 2. The highest BCUT2D eigenvalue weighted by Crippen LogP contribution is 2.22. The number of hydrogen-bond donors (Lipinski definition) is 3. The van der Waals surface area contributed by atoms with Crippen LogP contribution in [-0.4, -0.2) is 23.0 Å². The van der Waals surface area contributed by atoms with Crippen LogP contribution < -0.4 is 10.6 Å². The van der Waals surface area contributed by atoms with Crippen molar-refractivity contribution >= 4 is 35.2 Å². The van der Waals surface area contributed by atoms with Crippen molar-refractivity contribution in [3.63, 3.8) is 0 Å². The van der Waals surface area contributed by atoms with Gasteiger partial charge in [-0.05, 0) is 32.0 Å². The van der Waals surface area contributed by atoms with Gasteiger partial charge in [-0.25, -0.2) is 9.18 Å². The number of carboxylic acid groups (broad SMARTS) is 1. The number of carboxylic acids is 1. The lowest BCUT2D eigenvalue weighted by atomic mass is 9.89. The van der Waals surface area contributed by atoms with Gasteiger partial charge in [-0.1, -0.05) is 11.6 Å². The Kier molecular flexibility index (Phi) is 5.26. The maximum absolute atomic E-state index is 12.8. The van der Waals surface area contributed by atoms with Gasteiger partial charge in [-0.2, -0.15) is 0 Å². The second-order valence-corrected chi connectivity index (χ2v) is 5.40. The summed E-state index contributed by atoms with van der Waals surface area (Å²) < 4.78 is 12.8. The van der Waals surface area contributed by atoms with E-state index in [0.717, 1.165) is 12.1 Å². The zero-order chi connectivity index (χ0) is 16.2. The van der Waals surface area contributed by atoms with Gasteiger partial charge in [0, 0.05) is 6.42 Å². The predicted molar refractivity (Wildman–Crippen MR) is 74.6 cm³/mol. The number of benzene rings is 1. The number of amides is 3. The molecule has 1 aromatic rings. The summed E-state index contributed by atoms with van der Waals surface area (Å²) in [6.45, 7) is 2.73. The first kappa shape index (κ1) is 16.9. The van der Waals surface area contributed by atoms with Crippen molar-refractivity contribution in [1.82, 2.24) is 5.32 Å². The Hall–Kier alpha value is -2.15. The average Bonchev–Trinajstić information content (AvgIpc) is 2.31. The first-order valence-corrected chi connectivity index (χ1v) is 6.29. The highest BCUT2D eigenvalue weighted by Gasteiger charge is 2.30. The van der Waals surface area contributed by atoms with Crippen LogP contribution in [0.15, 0.2) is 18.2 Å². The van der Waals surface area contributed by atoms with Gasteiger partial charge in [0.2, 0.25) is 5.91 Å². The van der Waals surface area contributed by atoms with Crippen LogP contribution in [0.1, 0.15) is 20.3 Å². The monoisotopic (exact) mass is 316 g/mol. The molecule has 3 N–H and O–H groups in total. The van der Waals surface area contributed by atoms with Gasteiger partial charge in [-0.3, -0.25) is 14.9 Å². The first-order valence-electron chi connectivity index (χ1n) is 5.91. The summed E-state index contributed by atoms with van der Waals surface area (Å²) in [6.07, 6.45) is -0.368. The summed E-state index contributed by atoms with van der Waals surface area (Å²) in [5.74, 6) is -2.47. The van der Waals surface area contributed by atoms with E-state index in [4.69, 9.17) is 16.7 Å². The molecule has 0 spiro atoms. The lowest BCUT2D eigenvalue weighted by Crippen LogP contribution is -2.38. The Labute approximate surface area is 125 Å². The fourth-order valence-corrected chi connectivity index (χ4v) is 1.61. The zero-order valence-electron chi connectivity index (χ0n) is 11.4. The second kappa shape index (κ2) is 6.53. The van der Waals surface area contributed by atoms with Gasteiger partial charge < -0.3 is 10.4 Å². The second-order valence-electron chi connectivity index (χ2n) is 4.99. The minimum Gasteiger partial charge on any atom is -0.481 e. The molecule has 114 valence electrons. The molecule has 1 aromatic carbocycles. The topological polar surface area (TPSA) is 95.5 Å². The number of anilines is 1. The van der Waals surface area contributed by atoms with E-state index >= 15 is 0 Å². The van der Waals surface area contributed by atoms with Crippen LogP contribution in [-0.2, 0) is 9.59 Å². The summed E-state index contributed by atoms with van der Waals surface area (Å²) in [6, 6.07) is 2.46. The summed E-state index contributed by atoms with van der Waals surface area (Å²) in [7, 11) is 0. The number of carbonyl (C=O) groups excluding carboxylic acids is 2. The minimum atomic E-state index is -1.29. The number of aliphatic carboxylic acids is 1. The number of rotatable bonds is 4. The first-order chi connectivity index (χ1) is 9.61. The lowest BCUT2D eigenvalue weighted by molar-refractivity contribution is -0.149. The van der Waals surface area contributed by atoms with E-state index in [1.165, 1.54) is 19.9 Å². The summed E-state index contributed by atoms with van der Waals surface area (Å²) in [4.78, 5) is 34.0. The average molecular weight is 317 g/mol. The van der Waals surface area contributed by atoms with Crippen LogP contribution in [0.2, 0.25) is 5.02 Å². The Bertz CT molecular complexity index is 590. The van der Waals surface area contributed by atoms with Crippen LogP contribution in [0.25, 0.3) is 0 Å². The highest BCUT2D eigenvalue weighted by atomic mass is 35.5. The van der Waals surface area contributed by atoms with Crippen LogP contribution >= 0.6 is 11.6 Å². The normalized spacial score (nSPS) is 10.9.